The second-order valence-corrected chi connectivity index (χ2v) is 13.0. The van der Waals surface area contributed by atoms with Gasteiger partial charge in [-0.05, 0) is 71.1 Å². The van der Waals surface area contributed by atoms with Crippen molar-refractivity contribution < 1.29 is 29.4 Å². The Balaban J connectivity index is 1.01. The molecule has 7 aromatic rings. The molecule has 12 heteroatoms. The molecule has 0 spiro atoms. The van der Waals surface area contributed by atoms with Gasteiger partial charge in [-0.3, -0.25) is 24.1 Å². The Hall–Kier alpha value is -7.86. The van der Waals surface area contributed by atoms with Gasteiger partial charge >= 0.3 is 0 Å². The van der Waals surface area contributed by atoms with Crippen LogP contribution in [-0.4, -0.2) is 45.7 Å². The standard InChI is InChI=1S/C43H26N6O6/c1-49-42(54)30-13-7-12-29-36(30)33(43(49)55)21-35(50)37(29)47-45-24-14-16-27-28-17-15-25(20-32(28)39(51)31(27)19-24)46-48-38-26-11-6-5-8-22(26)18-34(40(38)52)41(53)44-23-9-3-2-4-10-23/h2-21,50,52H,1H3,(H,44,53). The van der Waals surface area contributed by atoms with Gasteiger partial charge in [0.25, 0.3) is 17.7 Å². The Kier molecular flexibility index (Phi) is 7.60. The zero-order chi connectivity index (χ0) is 38.0. The van der Waals surface area contributed by atoms with Crippen LogP contribution >= 0.6 is 0 Å². The smallest absolute Gasteiger partial charge is 0.261 e. The van der Waals surface area contributed by atoms with E-state index in [4.69, 9.17) is 0 Å². The number of amides is 3. The number of fused-ring (bicyclic) bond motifs is 4. The minimum atomic E-state index is -0.529. The molecule has 7 aromatic carbocycles. The first-order valence-electron chi connectivity index (χ1n) is 17.1. The first-order chi connectivity index (χ1) is 26.7. The van der Waals surface area contributed by atoms with Crippen LogP contribution in [0.1, 0.15) is 47.0 Å². The van der Waals surface area contributed by atoms with Gasteiger partial charge in [0, 0.05) is 45.6 Å². The Labute approximate surface area is 311 Å². The van der Waals surface area contributed by atoms with E-state index in [-0.39, 0.29) is 39.8 Å². The fourth-order valence-electron chi connectivity index (χ4n) is 7.07. The quantitative estimate of drug-likeness (QED) is 0.114. The summed E-state index contributed by atoms with van der Waals surface area (Å²) in [5.74, 6) is -2.38. The Morgan fingerprint density at radius 3 is 1.91 bits per heavy atom. The molecular weight excluding hydrogens is 697 g/mol. The summed E-state index contributed by atoms with van der Waals surface area (Å²) in [6, 6.07) is 34.0. The number of para-hydroxylation sites is 1. The summed E-state index contributed by atoms with van der Waals surface area (Å²) in [5, 5.41) is 44.4. The molecule has 0 saturated carbocycles. The van der Waals surface area contributed by atoms with Crippen molar-refractivity contribution in [2.45, 2.75) is 0 Å². The van der Waals surface area contributed by atoms with E-state index >= 15 is 0 Å². The molecule has 0 atom stereocenters. The number of nitrogens with one attached hydrogen (secondary N) is 1. The molecular formula is C43H26N6O6. The number of nitrogens with zero attached hydrogens (tertiary/aromatic N) is 5. The van der Waals surface area contributed by atoms with Gasteiger partial charge in [0.2, 0.25) is 0 Å². The van der Waals surface area contributed by atoms with Crippen molar-refractivity contribution in [3.63, 3.8) is 0 Å². The van der Waals surface area contributed by atoms with Crippen molar-refractivity contribution in [2.75, 3.05) is 12.4 Å². The highest BCUT2D eigenvalue weighted by molar-refractivity contribution is 6.27. The number of ketones is 1. The third-order valence-electron chi connectivity index (χ3n) is 9.77. The average molecular weight is 723 g/mol. The molecule has 1 heterocycles. The molecule has 1 aliphatic carbocycles. The van der Waals surface area contributed by atoms with E-state index < -0.39 is 17.7 Å². The molecule has 0 unspecified atom stereocenters. The van der Waals surface area contributed by atoms with Crippen molar-refractivity contribution in [3.8, 4) is 22.6 Å². The number of aromatic hydroxyl groups is 2. The number of phenolic OH excluding ortho intramolecular Hbond substituents is 2. The molecule has 1 aliphatic heterocycles. The summed E-state index contributed by atoms with van der Waals surface area (Å²) in [6.07, 6.45) is 0. The fourth-order valence-corrected chi connectivity index (χ4v) is 7.07. The van der Waals surface area contributed by atoms with Gasteiger partial charge < -0.3 is 15.5 Å². The van der Waals surface area contributed by atoms with E-state index in [1.165, 1.54) is 13.1 Å². The maximum atomic E-state index is 13.7. The molecule has 3 N–H and O–H groups in total. The highest BCUT2D eigenvalue weighted by Gasteiger charge is 2.32. The topological polar surface area (TPSA) is 173 Å². The summed E-state index contributed by atoms with van der Waals surface area (Å²) in [5.41, 5.74) is 4.14. The van der Waals surface area contributed by atoms with Crippen molar-refractivity contribution in [1.82, 2.24) is 4.90 Å². The van der Waals surface area contributed by atoms with Crippen molar-refractivity contribution in [1.29, 1.82) is 0 Å². The van der Waals surface area contributed by atoms with Crippen LogP contribution in [-0.2, 0) is 0 Å². The highest BCUT2D eigenvalue weighted by Crippen LogP contribution is 2.44. The number of anilines is 1. The van der Waals surface area contributed by atoms with E-state index in [2.05, 4.69) is 25.8 Å². The molecule has 0 fully saturated rings. The lowest BCUT2D eigenvalue weighted by Gasteiger charge is -2.24. The largest absolute Gasteiger partial charge is 0.506 e. The second-order valence-electron chi connectivity index (χ2n) is 13.0. The van der Waals surface area contributed by atoms with Gasteiger partial charge in [-0.2, -0.15) is 10.2 Å². The summed E-state index contributed by atoms with van der Waals surface area (Å²) in [7, 11) is 1.39. The number of rotatable bonds is 6. The van der Waals surface area contributed by atoms with E-state index in [0.717, 1.165) is 4.90 Å². The zero-order valence-electron chi connectivity index (χ0n) is 28.8. The van der Waals surface area contributed by atoms with Crippen LogP contribution in [0.15, 0.2) is 142 Å². The zero-order valence-corrected chi connectivity index (χ0v) is 28.8. The first-order valence-corrected chi connectivity index (χ1v) is 17.1. The van der Waals surface area contributed by atoms with Crippen molar-refractivity contribution >= 4 is 73.5 Å². The van der Waals surface area contributed by atoms with E-state index in [1.807, 2.05) is 18.2 Å². The van der Waals surface area contributed by atoms with E-state index in [0.29, 0.717) is 66.4 Å². The second kappa shape index (κ2) is 12.7. The number of hydrogen-bond donors (Lipinski definition) is 3. The summed E-state index contributed by atoms with van der Waals surface area (Å²) in [4.78, 5) is 53.6. The Morgan fingerprint density at radius 1 is 0.582 bits per heavy atom. The monoisotopic (exact) mass is 722 g/mol. The van der Waals surface area contributed by atoms with E-state index in [9.17, 15) is 29.4 Å². The van der Waals surface area contributed by atoms with Crippen molar-refractivity contribution in [2.24, 2.45) is 20.5 Å². The predicted octanol–water partition coefficient (Wildman–Crippen LogP) is 9.92. The Bertz CT molecular complexity index is 2920. The van der Waals surface area contributed by atoms with Crippen LogP contribution in [0, 0.1) is 0 Å². The van der Waals surface area contributed by atoms with Gasteiger partial charge in [-0.1, -0.05) is 66.7 Å². The van der Waals surface area contributed by atoms with Gasteiger partial charge in [-0.15, -0.1) is 10.2 Å². The van der Waals surface area contributed by atoms with Crippen LogP contribution in [0.4, 0.5) is 28.4 Å². The third kappa shape index (κ3) is 5.39. The highest BCUT2D eigenvalue weighted by atomic mass is 16.3. The number of carbonyl (C=O) groups is 4. The molecule has 55 heavy (non-hydrogen) atoms. The molecule has 3 amide bonds. The van der Waals surface area contributed by atoms with Gasteiger partial charge in [0.15, 0.2) is 11.5 Å². The lowest BCUT2D eigenvalue weighted by atomic mass is 9.93. The predicted molar refractivity (Wildman–Crippen MR) is 206 cm³/mol. The molecule has 0 aromatic heterocycles. The number of hydrogen-bond acceptors (Lipinski definition) is 10. The molecule has 0 bridgehead atoms. The molecule has 9 rings (SSSR count). The minimum absolute atomic E-state index is 0.0291. The average Bonchev–Trinajstić information content (AvgIpc) is 3.48. The van der Waals surface area contributed by atoms with Crippen LogP contribution in [0.25, 0.3) is 32.7 Å². The summed E-state index contributed by atoms with van der Waals surface area (Å²) < 4.78 is 0. The molecule has 0 saturated heterocycles. The minimum Gasteiger partial charge on any atom is -0.506 e. The van der Waals surface area contributed by atoms with Gasteiger partial charge in [0.1, 0.15) is 17.1 Å². The normalized spacial score (nSPS) is 13.3. The maximum absolute atomic E-state index is 13.7. The molecule has 0 radical (unpaired) electrons. The van der Waals surface area contributed by atoms with Gasteiger partial charge in [-0.25, -0.2) is 0 Å². The number of phenols is 2. The lowest BCUT2D eigenvalue weighted by molar-refractivity contribution is 0.0649. The maximum Gasteiger partial charge on any atom is 0.261 e. The number of azo groups is 2. The van der Waals surface area contributed by atoms with Gasteiger partial charge in [0.05, 0.1) is 22.5 Å². The number of imide groups is 1. The third-order valence-corrected chi connectivity index (χ3v) is 9.77. The van der Waals surface area contributed by atoms with Crippen molar-refractivity contribution in [3.05, 3.63) is 149 Å². The molecule has 12 nitrogen and oxygen atoms in total. The first kappa shape index (κ1) is 33.0. The number of benzene rings is 7. The fraction of sp³-hybridized carbons (Fsp3) is 0.0233. The van der Waals surface area contributed by atoms with Crippen LogP contribution in [0.2, 0.25) is 0 Å². The van der Waals surface area contributed by atoms with Crippen LogP contribution in [0.5, 0.6) is 11.5 Å². The SMILES string of the molecule is CN1C(=O)c2cccc3c(N=Nc4ccc5c(c4)C(=O)c4cc(N=Nc6c(O)c(C(=O)Nc7ccccc7)cc7ccccc67)ccc4-5)c(O)cc(c23)C1=O. The molecule has 2 aliphatic rings. The number of carbonyl (C=O) groups excluding carboxylic acids is 4. The Morgan fingerprint density at radius 2 is 1.20 bits per heavy atom. The van der Waals surface area contributed by atoms with Crippen LogP contribution in [0.3, 0.4) is 0 Å². The van der Waals surface area contributed by atoms with E-state index in [1.54, 1.807) is 97.1 Å². The lowest BCUT2D eigenvalue weighted by Crippen LogP contribution is -2.36. The summed E-state index contributed by atoms with van der Waals surface area (Å²) >= 11 is 0. The molecule has 264 valence electrons. The van der Waals surface area contributed by atoms with Crippen LogP contribution < -0.4 is 5.32 Å². The summed E-state index contributed by atoms with van der Waals surface area (Å²) in [6.45, 7) is 0.